The number of ether oxygens (including phenoxy) is 1. The zero-order valence-corrected chi connectivity index (χ0v) is 20.2. The van der Waals surface area contributed by atoms with Crippen LogP contribution >= 0.6 is 0 Å². The van der Waals surface area contributed by atoms with Crippen LogP contribution in [0.1, 0.15) is 41.8 Å². The first kappa shape index (κ1) is 27.5. The van der Waals surface area contributed by atoms with Crippen molar-refractivity contribution in [3.63, 3.8) is 0 Å². The molecule has 4 rings (SSSR count). The summed E-state index contributed by atoms with van der Waals surface area (Å²) in [5, 5.41) is 11.4. The van der Waals surface area contributed by atoms with Crippen molar-refractivity contribution >= 4 is 23.0 Å². The predicted octanol–water partition coefficient (Wildman–Crippen LogP) is 6.65. The maximum absolute atomic E-state index is 12.6. The number of anilines is 3. The van der Waals surface area contributed by atoms with Crippen LogP contribution in [-0.4, -0.2) is 36.8 Å². The molecule has 0 saturated carbocycles. The van der Waals surface area contributed by atoms with E-state index in [0.717, 1.165) is 36.4 Å². The predicted molar refractivity (Wildman–Crippen MR) is 132 cm³/mol. The molecule has 0 saturated heterocycles. The first-order valence-corrected chi connectivity index (χ1v) is 11.2. The van der Waals surface area contributed by atoms with E-state index in [1.54, 1.807) is 7.05 Å². The first-order valence-electron chi connectivity index (χ1n) is 11.2. The third-order valence-corrected chi connectivity index (χ3v) is 5.19. The van der Waals surface area contributed by atoms with Crippen molar-refractivity contribution in [1.82, 2.24) is 4.98 Å². The molecule has 1 aliphatic heterocycles. The molecule has 1 aromatic heterocycles. The van der Waals surface area contributed by atoms with Gasteiger partial charge in [-0.25, -0.2) is 4.79 Å². The molecule has 0 radical (unpaired) electrons. The van der Waals surface area contributed by atoms with Gasteiger partial charge in [0.1, 0.15) is 5.75 Å². The highest BCUT2D eigenvalue weighted by atomic mass is 19.4. The van der Waals surface area contributed by atoms with Gasteiger partial charge in [0.25, 0.3) is 0 Å². The molecule has 0 aliphatic carbocycles. The van der Waals surface area contributed by atoms with E-state index in [0.29, 0.717) is 18.0 Å². The number of nitrogens with zero attached hydrogens (tertiary/aromatic N) is 2. The number of rotatable bonds is 4. The van der Waals surface area contributed by atoms with Gasteiger partial charge < -0.3 is 20.1 Å². The number of pyridine rings is 1. The van der Waals surface area contributed by atoms with Crippen LogP contribution in [0.15, 0.2) is 60.9 Å². The largest absolute Gasteiger partial charge is 0.493 e. The lowest BCUT2D eigenvalue weighted by Crippen LogP contribution is -2.13. The monoisotopic (exact) mass is 489 g/mol. The quantitative estimate of drug-likeness (QED) is 0.428. The smallest absolute Gasteiger partial charge is 0.416 e. The van der Waals surface area contributed by atoms with Crippen LogP contribution in [0.4, 0.5) is 30.2 Å². The maximum atomic E-state index is 12.6. The van der Waals surface area contributed by atoms with Gasteiger partial charge in [-0.2, -0.15) is 13.2 Å². The van der Waals surface area contributed by atoms with Gasteiger partial charge in [0.05, 0.1) is 29.6 Å². The molecule has 2 aromatic carbocycles. The van der Waals surface area contributed by atoms with Gasteiger partial charge in [0.2, 0.25) is 0 Å². The average Bonchev–Trinajstić information content (AvgIpc) is 2.89. The number of carboxylic acids is 1. The van der Waals surface area contributed by atoms with Gasteiger partial charge in [0.15, 0.2) is 0 Å². The number of carboxylic acid groups (broad SMARTS) is 1. The fourth-order valence-electron chi connectivity index (χ4n) is 3.34. The molecular weight excluding hydrogens is 459 g/mol. The molecular formula is C26H30F3N3O3. The molecule has 2 N–H and O–H groups in total. The third-order valence-electron chi connectivity index (χ3n) is 5.19. The Morgan fingerprint density at radius 3 is 2.31 bits per heavy atom. The summed E-state index contributed by atoms with van der Waals surface area (Å²) in [6.45, 7) is 4.71. The Morgan fingerprint density at radius 1 is 1.09 bits per heavy atom. The lowest BCUT2D eigenvalue weighted by Gasteiger charge is -2.23. The zero-order chi connectivity index (χ0) is 26.0. The molecule has 188 valence electrons. The number of aromatic nitrogens is 1. The van der Waals surface area contributed by atoms with E-state index in [1.165, 1.54) is 36.2 Å². The van der Waals surface area contributed by atoms with Crippen molar-refractivity contribution in [2.24, 2.45) is 0 Å². The Labute approximate surface area is 203 Å². The second-order valence-corrected chi connectivity index (χ2v) is 7.32. The van der Waals surface area contributed by atoms with E-state index in [2.05, 4.69) is 10.3 Å². The summed E-state index contributed by atoms with van der Waals surface area (Å²) in [4.78, 5) is 16.1. The number of nitrogens with one attached hydrogen (secondary N) is 1. The van der Waals surface area contributed by atoms with Crippen molar-refractivity contribution in [2.45, 2.75) is 32.9 Å². The van der Waals surface area contributed by atoms with Crippen molar-refractivity contribution < 1.29 is 27.8 Å². The number of fused-ring (bicyclic) bond motifs is 1. The van der Waals surface area contributed by atoms with E-state index < -0.39 is 17.7 Å². The number of halogens is 3. The summed E-state index contributed by atoms with van der Waals surface area (Å²) in [7, 11) is 3.48. The number of carbonyl (C=O) groups is 1. The molecule has 1 aliphatic rings. The van der Waals surface area contributed by atoms with Crippen LogP contribution in [0, 0.1) is 0 Å². The summed E-state index contributed by atoms with van der Waals surface area (Å²) in [5.41, 5.74) is 2.89. The van der Waals surface area contributed by atoms with Crippen LogP contribution in [0.25, 0.3) is 0 Å². The Hall–Kier alpha value is -3.75. The second kappa shape index (κ2) is 12.6. The van der Waals surface area contributed by atoms with E-state index in [-0.39, 0.29) is 5.56 Å². The highest BCUT2D eigenvalue weighted by molar-refractivity contribution is 5.93. The molecule has 35 heavy (non-hydrogen) atoms. The molecule has 0 spiro atoms. The minimum absolute atomic E-state index is 0.238. The number of aryl methyl sites for hydroxylation is 1. The Bertz CT molecular complexity index is 1100. The van der Waals surface area contributed by atoms with Crippen LogP contribution in [0.3, 0.4) is 0 Å². The second-order valence-electron chi connectivity index (χ2n) is 7.32. The van der Waals surface area contributed by atoms with Gasteiger partial charge in [-0.1, -0.05) is 19.9 Å². The molecule has 0 unspecified atom stereocenters. The Morgan fingerprint density at radius 2 is 1.74 bits per heavy atom. The molecule has 9 heteroatoms. The normalized spacial score (nSPS) is 12.0. The summed E-state index contributed by atoms with van der Waals surface area (Å²) in [6, 6.07) is 12.5. The summed E-state index contributed by atoms with van der Waals surface area (Å²) in [5.74, 6) is -0.0840. The highest BCUT2D eigenvalue weighted by Crippen LogP contribution is 2.34. The van der Waals surface area contributed by atoms with Gasteiger partial charge in [-0.3, -0.25) is 4.98 Å². The molecule has 3 aromatic rings. The topological polar surface area (TPSA) is 74.7 Å². The standard InChI is InChI=1S/C17H16F3NO.C7H8N2O2.C2H6/c1-21(14-8-5-13(6-9-14)17(18,19)20)15-7-4-12-3-2-10-22-16(12)11-15;1-8-6-4-9-3-2-5(6)7(10)11;1-2/h4-9,11H,2-3,10H2,1H3;2-4,8H,1H3,(H,10,11);1-2H3. The lowest BCUT2D eigenvalue weighted by molar-refractivity contribution is -0.137. The fraction of sp³-hybridized carbons (Fsp3) is 0.308. The molecule has 0 amide bonds. The number of aromatic carboxylic acids is 1. The van der Waals surface area contributed by atoms with E-state index in [9.17, 15) is 18.0 Å². The number of hydrogen-bond acceptors (Lipinski definition) is 5. The van der Waals surface area contributed by atoms with E-state index >= 15 is 0 Å². The maximum Gasteiger partial charge on any atom is 0.416 e. The summed E-state index contributed by atoms with van der Waals surface area (Å²) in [6.07, 6.45) is 0.630. The molecule has 2 heterocycles. The summed E-state index contributed by atoms with van der Waals surface area (Å²) >= 11 is 0. The first-order chi connectivity index (χ1) is 16.7. The Balaban J connectivity index is 0.000000280. The van der Waals surface area contributed by atoms with Crippen molar-refractivity contribution in [2.75, 3.05) is 30.9 Å². The van der Waals surface area contributed by atoms with Crippen LogP contribution in [0.2, 0.25) is 0 Å². The van der Waals surface area contributed by atoms with Gasteiger partial charge in [-0.05, 0) is 54.8 Å². The van der Waals surface area contributed by atoms with Crippen molar-refractivity contribution in [3.05, 3.63) is 77.6 Å². The number of alkyl halides is 3. The van der Waals surface area contributed by atoms with Crippen LogP contribution < -0.4 is 15.0 Å². The molecule has 0 bridgehead atoms. The minimum Gasteiger partial charge on any atom is -0.493 e. The van der Waals surface area contributed by atoms with E-state index in [1.807, 2.05) is 44.0 Å². The molecule has 0 fully saturated rings. The average molecular weight is 490 g/mol. The highest BCUT2D eigenvalue weighted by Gasteiger charge is 2.30. The van der Waals surface area contributed by atoms with Gasteiger partial charge in [0, 0.05) is 37.7 Å². The SMILES string of the molecule is CC.CN(c1ccc(C(F)(F)F)cc1)c1ccc2c(c1)OCCC2.CNc1cnccc1C(=O)O. The Kier molecular flexibility index (Phi) is 9.93. The van der Waals surface area contributed by atoms with Crippen molar-refractivity contribution in [1.29, 1.82) is 0 Å². The minimum atomic E-state index is -4.31. The molecule has 0 atom stereocenters. The van der Waals surface area contributed by atoms with Gasteiger partial charge >= 0.3 is 12.1 Å². The summed E-state index contributed by atoms with van der Waals surface area (Å²) < 4.78 is 43.4. The number of hydrogen-bond donors (Lipinski definition) is 2. The lowest BCUT2D eigenvalue weighted by atomic mass is 10.1. The third kappa shape index (κ3) is 7.37. The van der Waals surface area contributed by atoms with E-state index in [4.69, 9.17) is 9.84 Å². The van der Waals surface area contributed by atoms with Crippen LogP contribution in [0.5, 0.6) is 5.75 Å². The molecule has 6 nitrogen and oxygen atoms in total. The van der Waals surface area contributed by atoms with Crippen molar-refractivity contribution in [3.8, 4) is 5.75 Å². The fourth-order valence-corrected chi connectivity index (χ4v) is 3.34. The van der Waals surface area contributed by atoms with Crippen LogP contribution in [-0.2, 0) is 12.6 Å². The zero-order valence-electron chi connectivity index (χ0n) is 20.2. The number of benzene rings is 2. The van der Waals surface area contributed by atoms with Gasteiger partial charge in [-0.15, -0.1) is 0 Å².